The Balaban J connectivity index is 1.58. The number of halogens is 4. The van der Waals surface area contributed by atoms with Crippen LogP contribution in [0.1, 0.15) is 19.4 Å². The van der Waals surface area contributed by atoms with Gasteiger partial charge in [-0.3, -0.25) is 4.79 Å². The molecule has 1 aliphatic rings. The molecule has 3 rings (SSSR count). The van der Waals surface area contributed by atoms with Gasteiger partial charge in [0.1, 0.15) is 11.6 Å². The van der Waals surface area contributed by atoms with Crippen LogP contribution >= 0.6 is 0 Å². The van der Waals surface area contributed by atoms with Gasteiger partial charge in [-0.2, -0.15) is 17.5 Å². The van der Waals surface area contributed by atoms with Crippen LogP contribution in [-0.2, 0) is 25.7 Å². The number of amides is 1. The maximum atomic E-state index is 13.2. The van der Waals surface area contributed by atoms with Gasteiger partial charge in [-0.05, 0) is 50.2 Å². The van der Waals surface area contributed by atoms with Crippen molar-refractivity contribution in [1.29, 1.82) is 0 Å². The van der Waals surface area contributed by atoms with Gasteiger partial charge in [0.2, 0.25) is 15.9 Å². The number of morpholine rings is 1. The molecule has 0 spiro atoms. The highest BCUT2D eigenvalue weighted by molar-refractivity contribution is 7.89. The molecule has 2 heterocycles. The molecule has 1 saturated heterocycles. The van der Waals surface area contributed by atoms with E-state index in [0.29, 0.717) is 12.4 Å². The van der Waals surface area contributed by atoms with E-state index in [0.717, 1.165) is 40.8 Å². The summed E-state index contributed by atoms with van der Waals surface area (Å²) in [6.07, 6.45) is -4.18. The van der Waals surface area contributed by atoms with E-state index < -0.39 is 52.2 Å². The molecule has 8 nitrogen and oxygen atoms in total. The van der Waals surface area contributed by atoms with Crippen LogP contribution in [0, 0.1) is 5.82 Å². The summed E-state index contributed by atoms with van der Waals surface area (Å²) >= 11 is 0. The van der Waals surface area contributed by atoms with E-state index in [4.69, 9.17) is 4.74 Å². The lowest BCUT2D eigenvalue weighted by Gasteiger charge is -2.34. The first kappa shape index (κ1) is 26.8. The largest absolute Gasteiger partial charge is 0.417 e. The van der Waals surface area contributed by atoms with E-state index in [1.54, 1.807) is 18.7 Å². The molecule has 0 radical (unpaired) electrons. The van der Waals surface area contributed by atoms with Gasteiger partial charge >= 0.3 is 6.18 Å². The van der Waals surface area contributed by atoms with E-state index >= 15 is 0 Å². The smallest absolute Gasteiger partial charge is 0.373 e. The van der Waals surface area contributed by atoms with Gasteiger partial charge in [0.25, 0.3) is 0 Å². The number of alkyl halides is 3. The Labute approximate surface area is 200 Å². The normalized spacial score (nSPS) is 17.1. The van der Waals surface area contributed by atoms with Crippen LogP contribution in [0.15, 0.2) is 47.5 Å². The first-order valence-corrected chi connectivity index (χ1v) is 12.3. The highest BCUT2D eigenvalue weighted by Gasteiger charge is 2.32. The molecule has 2 aromatic rings. The van der Waals surface area contributed by atoms with E-state index in [1.165, 1.54) is 6.07 Å². The third-order valence-electron chi connectivity index (χ3n) is 5.36. The Morgan fingerprint density at radius 1 is 1.23 bits per heavy atom. The van der Waals surface area contributed by atoms with Crippen molar-refractivity contribution < 1.29 is 35.5 Å². The summed E-state index contributed by atoms with van der Waals surface area (Å²) in [7, 11) is -4.04. The molecule has 1 amide bonds. The van der Waals surface area contributed by atoms with E-state index in [-0.39, 0.29) is 24.6 Å². The monoisotopic (exact) mass is 518 g/mol. The number of benzene rings is 1. The van der Waals surface area contributed by atoms with Crippen LogP contribution in [0.3, 0.4) is 0 Å². The quantitative estimate of drug-likeness (QED) is 0.541. The minimum absolute atomic E-state index is 0.0680. The molecule has 1 unspecified atom stereocenters. The second-order valence-corrected chi connectivity index (χ2v) is 10.1. The van der Waals surface area contributed by atoms with Gasteiger partial charge in [-0.1, -0.05) is 0 Å². The summed E-state index contributed by atoms with van der Waals surface area (Å²) in [6.45, 7) is 3.83. The molecule has 1 aromatic heterocycles. The first-order valence-electron chi connectivity index (χ1n) is 10.8. The first-order chi connectivity index (χ1) is 16.4. The van der Waals surface area contributed by atoms with Crippen LogP contribution in [0.5, 0.6) is 0 Å². The number of nitrogens with one attached hydrogen (secondary N) is 1. The summed E-state index contributed by atoms with van der Waals surface area (Å²) < 4.78 is 83.9. The Morgan fingerprint density at radius 2 is 1.91 bits per heavy atom. The van der Waals surface area contributed by atoms with Gasteiger partial charge in [0, 0.05) is 31.9 Å². The fraction of sp³-hybridized carbons (Fsp3) is 0.455. The molecule has 1 atom stereocenters. The Bertz CT molecular complexity index is 1110. The number of ether oxygens (including phenoxy) is 1. The number of aromatic nitrogens is 1. The molecule has 0 aliphatic carbocycles. The number of carbonyl (C=O) groups is 1. The van der Waals surface area contributed by atoms with Crippen LogP contribution in [0.2, 0.25) is 0 Å². The fourth-order valence-electron chi connectivity index (χ4n) is 3.50. The lowest BCUT2D eigenvalue weighted by atomic mass is 10.2. The van der Waals surface area contributed by atoms with Gasteiger partial charge in [0.15, 0.2) is 0 Å². The van der Waals surface area contributed by atoms with E-state index in [9.17, 15) is 30.8 Å². The van der Waals surface area contributed by atoms with E-state index in [2.05, 4.69) is 10.3 Å². The molecule has 0 bridgehead atoms. The number of rotatable bonds is 8. The fourth-order valence-corrected chi connectivity index (χ4v) is 5.10. The van der Waals surface area contributed by atoms with Crippen molar-refractivity contribution in [2.75, 3.05) is 37.7 Å². The predicted molar refractivity (Wildman–Crippen MR) is 120 cm³/mol. The summed E-state index contributed by atoms with van der Waals surface area (Å²) in [5.74, 6) is -0.780. The van der Waals surface area contributed by atoms with Crippen molar-refractivity contribution in [3.05, 3.63) is 54.0 Å². The third-order valence-corrected chi connectivity index (χ3v) is 7.40. The predicted octanol–water partition coefficient (Wildman–Crippen LogP) is 2.66. The number of anilines is 1. The van der Waals surface area contributed by atoms with Crippen molar-refractivity contribution in [1.82, 2.24) is 14.6 Å². The van der Waals surface area contributed by atoms with Gasteiger partial charge in [0.05, 0.1) is 29.7 Å². The lowest BCUT2D eigenvalue weighted by Crippen LogP contribution is -2.50. The molecular formula is C22H26F4N4O4S. The topological polar surface area (TPSA) is 91.8 Å². The van der Waals surface area contributed by atoms with Gasteiger partial charge < -0.3 is 15.0 Å². The third kappa shape index (κ3) is 6.89. The molecule has 0 saturated carbocycles. The van der Waals surface area contributed by atoms with Crippen molar-refractivity contribution >= 4 is 21.7 Å². The Hall–Kier alpha value is -2.77. The molecule has 35 heavy (non-hydrogen) atoms. The number of nitrogens with zero attached hydrogens (tertiary/aromatic N) is 3. The molecule has 1 fully saturated rings. The molecular weight excluding hydrogens is 492 g/mol. The minimum Gasteiger partial charge on any atom is -0.373 e. The van der Waals surface area contributed by atoms with E-state index in [1.807, 2.05) is 0 Å². The van der Waals surface area contributed by atoms with Gasteiger partial charge in [-0.15, -0.1) is 0 Å². The minimum atomic E-state index is -4.47. The number of pyridine rings is 1. The second-order valence-electron chi connectivity index (χ2n) is 8.24. The number of sulfonamides is 1. The standard InChI is InChI=1S/C22H26F4N4O4S/c1-15(2)30(35(32,33)19-6-4-17(23)5-7-19)14-21(31)28-12-18-13-29(9-10-34-18)20-8-3-16(11-27-20)22(24,25)26/h3-8,11,15,18H,9-10,12-14H2,1-2H3,(H,28,31). The zero-order valence-corrected chi connectivity index (χ0v) is 19.9. The summed E-state index contributed by atoms with van der Waals surface area (Å²) in [5, 5.41) is 2.65. The molecule has 192 valence electrons. The average molecular weight is 519 g/mol. The maximum absolute atomic E-state index is 13.2. The van der Waals surface area contributed by atoms with Crippen LogP contribution in [0.25, 0.3) is 0 Å². The number of carbonyl (C=O) groups excluding carboxylic acids is 1. The van der Waals surface area contributed by atoms with Crippen molar-refractivity contribution in [2.24, 2.45) is 0 Å². The highest BCUT2D eigenvalue weighted by Crippen LogP contribution is 2.29. The second kappa shape index (κ2) is 10.9. The van der Waals surface area contributed by atoms with Crippen LogP contribution < -0.4 is 10.2 Å². The van der Waals surface area contributed by atoms with Crippen molar-refractivity contribution in [3.8, 4) is 0 Å². The summed E-state index contributed by atoms with van der Waals surface area (Å²) in [5.41, 5.74) is -0.844. The molecule has 13 heteroatoms. The average Bonchev–Trinajstić information content (AvgIpc) is 2.81. The van der Waals surface area contributed by atoms with Gasteiger partial charge in [-0.25, -0.2) is 17.8 Å². The Kier molecular flexibility index (Phi) is 8.34. The number of hydrogen-bond donors (Lipinski definition) is 1. The lowest BCUT2D eigenvalue weighted by molar-refractivity contribution is -0.137. The summed E-state index contributed by atoms with van der Waals surface area (Å²) in [4.78, 5) is 18.1. The van der Waals surface area contributed by atoms with Crippen LogP contribution in [-0.4, -0.2) is 68.5 Å². The summed E-state index contributed by atoms with van der Waals surface area (Å²) in [6, 6.07) is 6.03. The zero-order chi connectivity index (χ0) is 25.8. The highest BCUT2D eigenvalue weighted by atomic mass is 32.2. The molecule has 1 N–H and O–H groups in total. The van der Waals surface area contributed by atoms with Crippen LogP contribution in [0.4, 0.5) is 23.4 Å². The maximum Gasteiger partial charge on any atom is 0.417 e. The van der Waals surface area contributed by atoms with Crippen molar-refractivity contribution in [3.63, 3.8) is 0 Å². The van der Waals surface area contributed by atoms with Crippen molar-refractivity contribution in [2.45, 2.75) is 37.1 Å². The molecule has 1 aromatic carbocycles. The SMILES string of the molecule is CC(C)N(CC(=O)NCC1CN(c2ccc(C(F)(F)F)cn2)CCO1)S(=O)(=O)c1ccc(F)cc1. The Morgan fingerprint density at radius 3 is 2.49 bits per heavy atom. The number of hydrogen-bond acceptors (Lipinski definition) is 6. The zero-order valence-electron chi connectivity index (χ0n) is 19.1. The molecule has 1 aliphatic heterocycles.